The highest BCUT2D eigenvalue weighted by Crippen LogP contribution is 2.28. The number of nitrogens with zero attached hydrogens (tertiary/aromatic N) is 2. The van der Waals surface area contributed by atoms with Crippen molar-refractivity contribution in [1.82, 2.24) is 9.88 Å². The van der Waals surface area contributed by atoms with E-state index in [0.29, 0.717) is 5.13 Å². The average molecular weight is 378 g/mol. The first kappa shape index (κ1) is 18.9. The van der Waals surface area contributed by atoms with Crippen LogP contribution in [0.3, 0.4) is 0 Å². The molecule has 1 aromatic heterocycles. The number of anilines is 2. The fraction of sp³-hybridized carbons (Fsp3) is 0.556. The maximum absolute atomic E-state index is 11.9. The molecule has 1 aliphatic heterocycles. The van der Waals surface area contributed by atoms with Crippen LogP contribution in [0.4, 0.5) is 15.6 Å². The van der Waals surface area contributed by atoms with E-state index in [1.54, 1.807) is 0 Å². The van der Waals surface area contributed by atoms with Crippen LogP contribution in [0.15, 0.2) is 18.2 Å². The predicted octanol–water partition coefficient (Wildman–Crippen LogP) is 3.39. The van der Waals surface area contributed by atoms with Gasteiger partial charge in [0.1, 0.15) is 5.60 Å². The van der Waals surface area contributed by atoms with E-state index in [9.17, 15) is 4.79 Å². The fourth-order valence-corrected chi connectivity index (χ4v) is 3.55. The minimum Gasteiger partial charge on any atom is -0.444 e. The number of morpholine rings is 1. The Morgan fingerprint density at radius 3 is 2.85 bits per heavy atom. The number of hydrogen-bond acceptors (Lipinski definition) is 7. The Labute approximate surface area is 157 Å². The molecule has 0 bridgehead atoms. The van der Waals surface area contributed by atoms with E-state index in [-0.39, 0.29) is 0 Å². The Hall–Kier alpha value is -1.90. The number of fused-ring (bicyclic) bond motifs is 1. The number of nitrogens with one attached hydrogen (secondary N) is 2. The van der Waals surface area contributed by atoms with Gasteiger partial charge in [-0.3, -0.25) is 10.2 Å². The van der Waals surface area contributed by atoms with Gasteiger partial charge in [-0.15, -0.1) is 0 Å². The van der Waals surface area contributed by atoms with Crippen molar-refractivity contribution in [1.29, 1.82) is 0 Å². The smallest absolute Gasteiger partial charge is 0.413 e. The molecule has 2 heterocycles. The highest BCUT2D eigenvalue weighted by atomic mass is 32.1. The third-order valence-electron chi connectivity index (χ3n) is 3.86. The summed E-state index contributed by atoms with van der Waals surface area (Å²) in [5.74, 6) is 0. The van der Waals surface area contributed by atoms with Crippen molar-refractivity contribution in [3.05, 3.63) is 18.2 Å². The summed E-state index contributed by atoms with van der Waals surface area (Å²) in [4.78, 5) is 18.7. The molecule has 1 aromatic carbocycles. The van der Waals surface area contributed by atoms with Crippen LogP contribution in [0.1, 0.15) is 20.8 Å². The molecule has 3 rings (SSSR count). The van der Waals surface area contributed by atoms with Crippen molar-refractivity contribution in [3.8, 4) is 0 Å². The van der Waals surface area contributed by atoms with Crippen LogP contribution in [-0.2, 0) is 9.47 Å². The minimum absolute atomic E-state index is 0.486. The Balaban J connectivity index is 1.55. The van der Waals surface area contributed by atoms with Crippen LogP contribution in [0.25, 0.3) is 10.2 Å². The van der Waals surface area contributed by atoms with Crippen molar-refractivity contribution < 1.29 is 14.3 Å². The molecule has 0 saturated carbocycles. The van der Waals surface area contributed by atoms with Gasteiger partial charge in [0.2, 0.25) is 0 Å². The molecule has 0 atom stereocenters. The maximum atomic E-state index is 11.9. The van der Waals surface area contributed by atoms with Crippen molar-refractivity contribution in [2.75, 3.05) is 50.0 Å². The molecule has 0 aliphatic carbocycles. The lowest BCUT2D eigenvalue weighted by molar-refractivity contribution is 0.0398. The molecule has 1 amide bonds. The van der Waals surface area contributed by atoms with Gasteiger partial charge in [0.15, 0.2) is 5.13 Å². The fourth-order valence-electron chi connectivity index (χ4n) is 2.66. The molecular weight excluding hydrogens is 352 g/mol. The normalized spacial score (nSPS) is 15.8. The van der Waals surface area contributed by atoms with Crippen LogP contribution in [0, 0.1) is 0 Å². The van der Waals surface area contributed by atoms with Crippen LogP contribution < -0.4 is 10.6 Å². The van der Waals surface area contributed by atoms with E-state index in [1.165, 1.54) is 11.3 Å². The number of benzene rings is 1. The molecule has 1 saturated heterocycles. The van der Waals surface area contributed by atoms with Gasteiger partial charge in [-0.05, 0) is 39.0 Å². The lowest BCUT2D eigenvalue weighted by atomic mass is 10.2. The van der Waals surface area contributed by atoms with Crippen LogP contribution >= 0.6 is 11.3 Å². The third kappa shape index (κ3) is 5.55. The monoisotopic (exact) mass is 378 g/mol. The van der Waals surface area contributed by atoms with Crippen LogP contribution in [0.5, 0.6) is 0 Å². The molecule has 0 unspecified atom stereocenters. The SMILES string of the molecule is CC(C)(C)OC(=O)Nc1nc2ccc(NCCN3CCOCC3)cc2s1. The Morgan fingerprint density at radius 2 is 2.12 bits per heavy atom. The second kappa shape index (κ2) is 8.20. The molecule has 1 fully saturated rings. The first-order chi connectivity index (χ1) is 12.4. The minimum atomic E-state index is -0.529. The highest BCUT2D eigenvalue weighted by molar-refractivity contribution is 7.22. The standard InChI is InChI=1S/C18H26N4O3S/c1-18(2,3)25-17(23)21-16-20-14-5-4-13(12-15(14)26-16)19-6-7-22-8-10-24-11-9-22/h4-5,12,19H,6-11H2,1-3H3,(H,20,21,23). The zero-order chi connectivity index (χ0) is 18.6. The van der Waals surface area contributed by atoms with Crippen LogP contribution in [-0.4, -0.2) is 61.0 Å². The summed E-state index contributed by atoms with van der Waals surface area (Å²) in [6, 6.07) is 6.04. The van der Waals surface area contributed by atoms with Crippen LogP contribution in [0.2, 0.25) is 0 Å². The molecule has 7 nitrogen and oxygen atoms in total. The van der Waals surface area contributed by atoms with E-state index < -0.39 is 11.7 Å². The zero-order valence-corrected chi connectivity index (χ0v) is 16.3. The van der Waals surface area contributed by atoms with Gasteiger partial charge in [-0.25, -0.2) is 9.78 Å². The van der Waals surface area contributed by atoms with E-state index in [0.717, 1.165) is 55.3 Å². The average Bonchev–Trinajstić information content (AvgIpc) is 2.95. The molecular formula is C18H26N4O3S. The van der Waals surface area contributed by atoms with Gasteiger partial charge >= 0.3 is 6.09 Å². The van der Waals surface area contributed by atoms with E-state index in [1.807, 2.05) is 32.9 Å². The summed E-state index contributed by atoms with van der Waals surface area (Å²) in [5, 5.41) is 6.69. The summed E-state index contributed by atoms with van der Waals surface area (Å²) in [6.07, 6.45) is -0.486. The van der Waals surface area contributed by atoms with Gasteiger partial charge in [0.25, 0.3) is 0 Å². The lowest BCUT2D eigenvalue weighted by Gasteiger charge is -2.26. The number of carbonyl (C=O) groups excluding carboxylic acids is 1. The topological polar surface area (TPSA) is 75.7 Å². The van der Waals surface area contributed by atoms with Gasteiger partial charge < -0.3 is 14.8 Å². The summed E-state index contributed by atoms with van der Waals surface area (Å²) in [5.41, 5.74) is 1.39. The van der Waals surface area contributed by atoms with E-state index >= 15 is 0 Å². The molecule has 2 N–H and O–H groups in total. The van der Waals surface area contributed by atoms with Gasteiger partial charge in [-0.2, -0.15) is 0 Å². The molecule has 2 aromatic rings. The summed E-state index contributed by atoms with van der Waals surface area (Å²) < 4.78 is 11.6. The molecule has 1 aliphatic rings. The van der Waals surface area contributed by atoms with Crippen molar-refractivity contribution >= 4 is 38.5 Å². The number of ether oxygens (including phenoxy) is 2. The second-order valence-corrected chi connectivity index (χ2v) is 8.24. The summed E-state index contributed by atoms with van der Waals surface area (Å²) >= 11 is 1.44. The zero-order valence-electron chi connectivity index (χ0n) is 15.5. The number of amides is 1. The van der Waals surface area contributed by atoms with E-state index in [4.69, 9.17) is 9.47 Å². The summed E-state index contributed by atoms with van der Waals surface area (Å²) in [6.45, 7) is 11.0. The molecule has 8 heteroatoms. The summed E-state index contributed by atoms with van der Waals surface area (Å²) in [7, 11) is 0. The molecule has 142 valence electrons. The molecule has 0 spiro atoms. The second-order valence-electron chi connectivity index (χ2n) is 7.21. The Morgan fingerprint density at radius 1 is 1.35 bits per heavy atom. The maximum Gasteiger partial charge on any atom is 0.413 e. The van der Waals surface area contributed by atoms with Crippen molar-refractivity contribution in [2.45, 2.75) is 26.4 Å². The first-order valence-electron chi connectivity index (χ1n) is 8.84. The molecule has 26 heavy (non-hydrogen) atoms. The van der Waals surface area contributed by atoms with Gasteiger partial charge in [-0.1, -0.05) is 11.3 Å². The third-order valence-corrected chi connectivity index (χ3v) is 4.79. The largest absolute Gasteiger partial charge is 0.444 e. The lowest BCUT2D eigenvalue weighted by Crippen LogP contribution is -2.38. The number of aromatic nitrogens is 1. The number of rotatable bonds is 5. The van der Waals surface area contributed by atoms with E-state index in [2.05, 4.69) is 26.6 Å². The first-order valence-corrected chi connectivity index (χ1v) is 9.65. The highest BCUT2D eigenvalue weighted by Gasteiger charge is 2.17. The predicted molar refractivity (Wildman–Crippen MR) is 105 cm³/mol. The van der Waals surface area contributed by atoms with Gasteiger partial charge in [0.05, 0.1) is 23.4 Å². The Kier molecular flexibility index (Phi) is 5.95. The van der Waals surface area contributed by atoms with Crippen molar-refractivity contribution in [2.24, 2.45) is 0 Å². The quantitative estimate of drug-likeness (QED) is 0.831. The number of hydrogen-bond donors (Lipinski definition) is 2. The van der Waals surface area contributed by atoms with Crippen molar-refractivity contribution in [3.63, 3.8) is 0 Å². The van der Waals surface area contributed by atoms with Gasteiger partial charge in [0, 0.05) is 31.9 Å². The number of thiazole rings is 1. The Bertz CT molecular complexity index is 750. The number of carbonyl (C=O) groups is 1. The molecule has 0 radical (unpaired) electrons.